The lowest BCUT2D eigenvalue weighted by molar-refractivity contribution is -0.114. The molecular formula is C26H22BrN3O3S. The lowest BCUT2D eigenvalue weighted by atomic mass is 10.1. The Kier molecular flexibility index (Phi) is 7.40. The smallest absolute Gasteiger partial charge is 0.264 e. The Bertz CT molecular complexity index is 1360. The van der Waals surface area contributed by atoms with Crippen LogP contribution in [0, 0.1) is 0 Å². The highest BCUT2D eigenvalue weighted by atomic mass is 79.9. The van der Waals surface area contributed by atoms with E-state index >= 15 is 0 Å². The summed E-state index contributed by atoms with van der Waals surface area (Å²) in [5, 5.41) is 2.80. The van der Waals surface area contributed by atoms with Crippen molar-refractivity contribution in [3.05, 3.63) is 119 Å². The van der Waals surface area contributed by atoms with Gasteiger partial charge >= 0.3 is 0 Å². The van der Waals surface area contributed by atoms with Crippen LogP contribution in [-0.4, -0.2) is 25.9 Å². The normalized spacial score (nSPS) is 11.1. The number of rotatable bonds is 8. The molecule has 34 heavy (non-hydrogen) atoms. The van der Waals surface area contributed by atoms with Gasteiger partial charge in [0.15, 0.2) is 0 Å². The van der Waals surface area contributed by atoms with Crippen LogP contribution in [0.2, 0.25) is 0 Å². The zero-order valence-corrected chi connectivity index (χ0v) is 20.5. The molecule has 0 saturated heterocycles. The number of sulfonamides is 1. The maximum atomic E-state index is 13.4. The summed E-state index contributed by atoms with van der Waals surface area (Å²) >= 11 is 3.38. The Morgan fingerprint density at radius 2 is 1.53 bits per heavy atom. The Hall–Kier alpha value is -3.49. The van der Waals surface area contributed by atoms with Crippen LogP contribution in [0.3, 0.4) is 0 Å². The first kappa shape index (κ1) is 23.7. The molecule has 3 aromatic carbocycles. The van der Waals surface area contributed by atoms with E-state index in [2.05, 4.69) is 26.2 Å². The number of hydrogen-bond donors (Lipinski definition) is 1. The fraction of sp³-hybridized carbons (Fsp3) is 0.0769. The van der Waals surface area contributed by atoms with E-state index < -0.39 is 15.9 Å². The van der Waals surface area contributed by atoms with Crippen LogP contribution in [0.25, 0.3) is 0 Å². The second-order valence-electron chi connectivity index (χ2n) is 7.58. The summed E-state index contributed by atoms with van der Waals surface area (Å²) < 4.78 is 28.6. The predicted octanol–water partition coefficient (Wildman–Crippen LogP) is 5.27. The van der Waals surface area contributed by atoms with Crippen molar-refractivity contribution >= 4 is 43.2 Å². The summed E-state index contributed by atoms with van der Waals surface area (Å²) in [6.45, 7) is -0.369. The molecule has 4 rings (SSSR count). The van der Waals surface area contributed by atoms with E-state index in [9.17, 15) is 13.2 Å². The van der Waals surface area contributed by atoms with Gasteiger partial charge in [0.05, 0.1) is 10.6 Å². The number of benzene rings is 3. The van der Waals surface area contributed by atoms with Crippen LogP contribution >= 0.6 is 15.9 Å². The number of anilines is 2. The quantitative estimate of drug-likeness (QED) is 0.333. The number of carbonyl (C=O) groups is 1. The number of carbonyl (C=O) groups excluding carboxylic acids is 1. The van der Waals surface area contributed by atoms with Gasteiger partial charge in [0.25, 0.3) is 10.0 Å². The predicted molar refractivity (Wildman–Crippen MR) is 137 cm³/mol. The third-order valence-electron chi connectivity index (χ3n) is 5.11. The molecule has 0 radical (unpaired) electrons. The van der Waals surface area contributed by atoms with Crippen molar-refractivity contribution in [2.75, 3.05) is 16.2 Å². The van der Waals surface area contributed by atoms with Gasteiger partial charge in [0.2, 0.25) is 5.91 Å². The van der Waals surface area contributed by atoms with Gasteiger partial charge in [-0.25, -0.2) is 8.42 Å². The highest BCUT2D eigenvalue weighted by Crippen LogP contribution is 2.26. The molecule has 0 fully saturated rings. The Morgan fingerprint density at radius 3 is 2.21 bits per heavy atom. The molecule has 0 aliphatic rings. The van der Waals surface area contributed by atoms with Crippen LogP contribution in [-0.2, 0) is 21.2 Å². The number of amides is 1. The molecule has 0 atom stereocenters. The first-order valence-electron chi connectivity index (χ1n) is 10.5. The molecule has 8 heteroatoms. The Morgan fingerprint density at radius 1 is 0.853 bits per heavy atom. The number of halogens is 1. The summed E-state index contributed by atoms with van der Waals surface area (Å²) in [6.07, 6.45) is 4.26. The average molecular weight is 536 g/mol. The fourth-order valence-electron chi connectivity index (χ4n) is 3.44. The number of aromatic nitrogens is 1. The number of hydrogen-bond acceptors (Lipinski definition) is 4. The zero-order valence-electron chi connectivity index (χ0n) is 18.1. The highest BCUT2D eigenvalue weighted by molar-refractivity contribution is 9.10. The lowest BCUT2D eigenvalue weighted by Gasteiger charge is -2.24. The average Bonchev–Trinajstić information content (AvgIpc) is 2.85. The molecule has 4 aromatic rings. The monoisotopic (exact) mass is 535 g/mol. The minimum absolute atomic E-state index is 0.114. The van der Waals surface area contributed by atoms with E-state index in [0.29, 0.717) is 15.8 Å². The van der Waals surface area contributed by atoms with Gasteiger partial charge in [0.1, 0.15) is 6.54 Å². The van der Waals surface area contributed by atoms with Gasteiger partial charge in [-0.1, -0.05) is 52.3 Å². The standard InChI is InChI=1S/C26H22BrN3O3S/c27-22-5-4-6-24(18-22)30(34(32,33)25-7-2-1-3-8-25)19-26(31)29-23-11-9-20(10-12-23)17-21-13-15-28-16-14-21/h1-16,18H,17,19H2,(H,29,31). The molecule has 0 saturated carbocycles. The van der Waals surface area contributed by atoms with Gasteiger partial charge in [0, 0.05) is 22.6 Å². The summed E-state index contributed by atoms with van der Waals surface area (Å²) in [4.78, 5) is 17.0. The van der Waals surface area contributed by atoms with E-state index in [1.807, 2.05) is 36.4 Å². The van der Waals surface area contributed by atoms with Crippen molar-refractivity contribution in [1.82, 2.24) is 4.98 Å². The first-order valence-corrected chi connectivity index (χ1v) is 12.8. The molecule has 1 aromatic heterocycles. The minimum atomic E-state index is -3.95. The Labute approximate surface area is 207 Å². The van der Waals surface area contributed by atoms with Crippen molar-refractivity contribution in [3.63, 3.8) is 0 Å². The van der Waals surface area contributed by atoms with Crippen LogP contribution in [0.4, 0.5) is 11.4 Å². The number of pyridine rings is 1. The van der Waals surface area contributed by atoms with Crippen LogP contribution in [0.5, 0.6) is 0 Å². The van der Waals surface area contributed by atoms with Gasteiger partial charge in [-0.2, -0.15) is 0 Å². The molecule has 1 N–H and O–H groups in total. The summed E-state index contributed by atoms with van der Waals surface area (Å²) in [5.74, 6) is -0.443. The van der Waals surface area contributed by atoms with Gasteiger partial charge < -0.3 is 5.32 Å². The molecule has 0 aliphatic carbocycles. The molecule has 0 bridgehead atoms. The van der Waals surface area contributed by atoms with Crippen LogP contribution < -0.4 is 9.62 Å². The molecule has 1 amide bonds. The maximum Gasteiger partial charge on any atom is 0.264 e. The third kappa shape index (κ3) is 5.89. The van der Waals surface area contributed by atoms with Crippen molar-refractivity contribution in [1.29, 1.82) is 0 Å². The van der Waals surface area contributed by atoms with Crippen molar-refractivity contribution < 1.29 is 13.2 Å². The van der Waals surface area contributed by atoms with Gasteiger partial charge in [-0.3, -0.25) is 14.1 Å². The van der Waals surface area contributed by atoms with Crippen molar-refractivity contribution in [3.8, 4) is 0 Å². The molecule has 0 aliphatic heterocycles. The van der Waals surface area contributed by atoms with Crippen molar-refractivity contribution in [2.24, 2.45) is 0 Å². The largest absolute Gasteiger partial charge is 0.325 e. The Balaban J connectivity index is 1.52. The van der Waals surface area contributed by atoms with Gasteiger partial charge in [-0.15, -0.1) is 0 Å². The fourth-order valence-corrected chi connectivity index (χ4v) is 5.26. The second-order valence-corrected chi connectivity index (χ2v) is 10.4. The molecule has 6 nitrogen and oxygen atoms in total. The number of nitrogens with one attached hydrogen (secondary N) is 1. The van der Waals surface area contributed by atoms with E-state index in [1.165, 1.54) is 12.1 Å². The first-order chi connectivity index (χ1) is 16.4. The third-order valence-corrected chi connectivity index (χ3v) is 7.39. The van der Waals surface area contributed by atoms with E-state index in [0.717, 1.165) is 21.9 Å². The minimum Gasteiger partial charge on any atom is -0.325 e. The molecule has 0 spiro atoms. The van der Waals surface area contributed by atoms with E-state index in [-0.39, 0.29) is 11.4 Å². The van der Waals surface area contributed by atoms with Crippen LogP contribution in [0.15, 0.2) is 113 Å². The maximum absolute atomic E-state index is 13.4. The molecule has 172 valence electrons. The zero-order chi connectivity index (χ0) is 24.0. The lowest BCUT2D eigenvalue weighted by Crippen LogP contribution is -2.38. The highest BCUT2D eigenvalue weighted by Gasteiger charge is 2.27. The summed E-state index contributed by atoms with van der Waals surface area (Å²) in [5.41, 5.74) is 3.21. The molecule has 0 unspecified atom stereocenters. The SMILES string of the molecule is O=C(CN(c1cccc(Br)c1)S(=O)(=O)c1ccccc1)Nc1ccc(Cc2ccncc2)cc1. The molecule has 1 heterocycles. The second kappa shape index (κ2) is 10.6. The summed E-state index contributed by atoms with van der Waals surface area (Å²) in [7, 11) is -3.95. The van der Waals surface area contributed by atoms with Gasteiger partial charge in [-0.05, 0) is 72.1 Å². The topological polar surface area (TPSA) is 79.4 Å². The summed E-state index contributed by atoms with van der Waals surface area (Å²) in [6, 6.07) is 26.3. The van der Waals surface area contributed by atoms with E-state index in [4.69, 9.17) is 0 Å². The van der Waals surface area contributed by atoms with Crippen LogP contribution in [0.1, 0.15) is 11.1 Å². The van der Waals surface area contributed by atoms with E-state index in [1.54, 1.807) is 54.9 Å². The number of nitrogens with zero attached hydrogens (tertiary/aromatic N) is 2. The molecular weight excluding hydrogens is 514 g/mol. The van der Waals surface area contributed by atoms with Crippen molar-refractivity contribution in [2.45, 2.75) is 11.3 Å².